The van der Waals surface area contributed by atoms with Crippen LogP contribution in [-0.2, 0) is 0 Å². The van der Waals surface area contributed by atoms with Gasteiger partial charge in [0.1, 0.15) is 11.0 Å². The highest BCUT2D eigenvalue weighted by Gasteiger charge is 2.09. The highest BCUT2D eigenvalue weighted by atomic mass is 35.5. The zero-order valence-corrected chi connectivity index (χ0v) is 11.2. The molecular weight excluding hydrogens is 293 g/mol. The van der Waals surface area contributed by atoms with Gasteiger partial charge in [0.15, 0.2) is 5.65 Å². The minimum atomic E-state index is 0.244. The molecule has 90 valence electrons. The number of hydrogen-bond donors (Lipinski definition) is 1. The van der Waals surface area contributed by atoms with Gasteiger partial charge >= 0.3 is 0 Å². The van der Waals surface area contributed by atoms with Crippen molar-refractivity contribution in [2.45, 2.75) is 0 Å². The van der Waals surface area contributed by atoms with Crippen LogP contribution in [-0.4, -0.2) is 15.0 Å². The molecule has 0 saturated carbocycles. The van der Waals surface area contributed by atoms with Crippen molar-refractivity contribution < 1.29 is 0 Å². The molecule has 0 spiro atoms. The van der Waals surface area contributed by atoms with Gasteiger partial charge in [0.2, 0.25) is 0 Å². The summed E-state index contributed by atoms with van der Waals surface area (Å²) in [6.07, 6.45) is 0. The number of pyridine rings is 1. The minimum absolute atomic E-state index is 0.244. The van der Waals surface area contributed by atoms with E-state index >= 15 is 0 Å². The van der Waals surface area contributed by atoms with E-state index in [-0.39, 0.29) is 5.15 Å². The summed E-state index contributed by atoms with van der Waals surface area (Å²) in [5, 5.41) is 1.29. The Balaban J connectivity index is 2.19. The van der Waals surface area contributed by atoms with Gasteiger partial charge in [-0.25, -0.2) is 9.97 Å². The third-order valence-corrected chi connectivity index (χ3v) is 3.39. The first kappa shape index (κ1) is 11.8. The van der Waals surface area contributed by atoms with E-state index in [1.807, 2.05) is 18.2 Å². The summed E-state index contributed by atoms with van der Waals surface area (Å²) in [7, 11) is 0. The number of aromatic nitrogens is 3. The molecule has 0 fully saturated rings. The number of hydrogen-bond acceptors (Lipinski definition) is 2. The van der Waals surface area contributed by atoms with Crippen molar-refractivity contribution in [3.63, 3.8) is 0 Å². The van der Waals surface area contributed by atoms with Gasteiger partial charge in [-0.2, -0.15) is 0 Å². The van der Waals surface area contributed by atoms with Gasteiger partial charge in [0.05, 0.1) is 10.5 Å². The molecule has 0 bridgehead atoms. The molecule has 2 aromatic heterocycles. The van der Waals surface area contributed by atoms with Gasteiger partial charge in [-0.1, -0.05) is 46.9 Å². The predicted octanol–water partition coefficient (Wildman–Crippen LogP) is 4.59. The molecular formula is C12H6Cl3N3. The molecule has 0 aliphatic heterocycles. The molecule has 3 nitrogen and oxygen atoms in total. The van der Waals surface area contributed by atoms with E-state index in [1.54, 1.807) is 12.1 Å². The highest BCUT2D eigenvalue weighted by Crippen LogP contribution is 2.26. The molecule has 6 heteroatoms. The summed E-state index contributed by atoms with van der Waals surface area (Å²) in [5.41, 5.74) is 2.14. The third kappa shape index (κ3) is 2.05. The lowest BCUT2D eigenvalue weighted by Gasteiger charge is -1.95. The van der Waals surface area contributed by atoms with E-state index in [1.165, 1.54) is 0 Å². The van der Waals surface area contributed by atoms with Crippen molar-refractivity contribution in [3.8, 4) is 11.4 Å². The van der Waals surface area contributed by atoms with Gasteiger partial charge in [-0.15, -0.1) is 0 Å². The van der Waals surface area contributed by atoms with Gasteiger partial charge in [-0.05, 0) is 18.2 Å². The van der Waals surface area contributed by atoms with Crippen LogP contribution in [0.3, 0.4) is 0 Å². The number of fused-ring (bicyclic) bond motifs is 1. The number of imidazole rings is 1. The van der Waals surface area contributed by atoms with Gasteiger partial charge in [-0.3, -0.25) is 0 Å². The van der Waals surface area contributed by atoms with Crippen molar-refractivity contribution in [2.75, 3.05) is 0 Å². The minimum Gasteiger partial charge on any atom is -0.337 e. The lowest BCUT2D eigenvalue weighted by molar-refractivity contribution is 1.30. The highest BCUT2D eigenvalue weighted by molar-refractivity contribution is 6.41. The van der Waals surface area contributed by atoms with Crippen LogP contribution in [0.15, 0.2) is 30.3 Å². The van der Waals surface area contributed by atoms with Crippen LogP contribution >= 0.6 is 34.8 Å². The van der Waals surface area contributed by atoms with Crippen LogP contribution in [0.5, 0.6) is 0 Å². The predicted molar refractivity (Wildman–Crippen MR) is 74.4 cm³/mol. The normalized spacial score (nSPS) is 11.1. The fraction of sp³-hybridized carbons (Fsp3) is 0. The zero-order chi connectivity index (χ0) is 12.7. The Morgan fingerprint density at radius 3 is 2.61 bits per heavy atom. The van der Waals surface area contributed by atoms with E-state index in [4.69, 9.17) is 34.8 Å². The maximum absolute atomic E-state index is 5.94. The molecule has 0 aliphatic rings. The van der Waals surface area contributed by atoms with Gasteiger partial charge in [0.25, 0.3) is 0 Å². The van der Waals surface area contributed by atoms with Crippen LogP contribution in [0.25, 0.3) is 22.6 Å². The van der Waals surface area contributed by atoms with Crippen molar-refractivity contribution in [1.29, 1.82) is 0 Å². The molecule has 3 aromatic rings. The fourth-order valence-electron chi connectivity index (χ4n) is 1.67. The monoisotopic (exact) mass is 297 g/mol. The Labute approximate surface area is 118 Å². The average Bonchev–Trinajstić information content (AvgIpc) is 2.73. The number of rotatable bonds is 1. The lowest BCUT2D eigenvalue weighted by atomic mass is 10.2. The molecule has 18 heavy (non-hydrogen) atoms. The largest absolute Gasteiger partial charge is 0.337 e. The summed E-state index contributed by atoms with van der Waals surface area (Å²) in [5.74, 6) is 0.679. The fourth-order valence-corrected chi connectivity index (χ4v) is 2.14. The van der Waals surface area contributed by atoms with Crippen LogP contribution in [0.2, 0.25) is 15.2 Å². The average molecular weight is 299 g/mol. The van der Waals surface area contributed by atoms with Crippen molar-refractivity contribution in [2.24, 2.45) is 0 Å². The van der Waals surface area contributed by atoms with E-state index in [9.17, 15) is 0 Å². The van der Waals surface area contributed by atoms with Crippen LogP contribution < -0.4 is 0 Å². The Morgan fingerprint density at radius 1 is 1.00 bits per heavy atom. The smallest absolute Gasteiger partial charge is 0.179 e. The number of halogens is 3. The summed E-state index contributed by atoms with van der Waals surface area (Å²) < 4.78 is 0. The number of aromatic amines is 1. The molecule has 1 N–H and O–H groups in total. The third-order valence-electron chi connectivity index (χ3n) is 2.48. The Bertz CT molecular complexity index is 698. The maximum atomic E-state index is 5.94. The van der Waals surface area contributed by atoms with Crippen LogP contribution in [0, 0.1) is 0 Å². The number of benzene rings is 1. The van der Waals surface area contributed by atoms with E-state index < -0.39 is 0 Å². The second-order valence-corrected chi connectivity index (χ2v) is 4.93. The first-order valence-electron chi connectivity index (χ1n) is 5.11. The lowest BCUT2D eigenvalue weighted by Crippen LogP contribution is -1.80. The Morgan fingerprint density at radius 2 is 1.83 bits per heavy atom. The topological polar surface area (TPSA) is 41.6 Å². The SMILES string of the molecule is Clc1cccc(-c2nc3nc(Cl)c(Cl)cc3[nH]2)c1. The molecule has 0 amide bonds. The Kier molecular flexibility index (Phi) is 2.90. The van der Waals surface area contributed by atoms with E-state index in [0.29, 0.717) is 21.5 Å². The standard InChI is InChI=1S/C12H6Cl3N3/c13-7-3-1-2-6(4-7)11-16-9-5-8(14)10(15)17-12(9)18-11/h1-5H,(H,16,17,18). The Hall–Kier alpha value is -1.29. The van der Waals surface area contributed by atoms with Gasteiger partial charge < -0.3 is 4.98 Å². The van der Waals surface area contributed by atoms with E-state index in [0.717, 1.165) is 11.1 Å². The molecule has 0 radical (unpaired) electrons. The number of nitrogens with zero attached hydrogens (tertiary/aromatic N) is 2. The molecule has 3 rings (SSSR count). The zero-order valence-electron chi connectivity index (χ0n) is 8.92. The first-order valence-corrected chi connectivity index (χ1v) is 6.24. The van der Waals surface area contributed by atoms with E-state index in [2.05, 4.69) is 15.0 Å². The van der Waals surface area contributed by atoms with Crippen molar-refractivity contribution in [3.05, 3.63) is 45.5 Å². The number of H-pyrrole nitrogens is 1. The summed E-state index contributed by atoms with van der Waals surface area (Å²) in [6.45, 7) is 0. The quantitative estimate of drug-likeness (QED) is 0.668. The maximum Gasteiger partial charge on any atom is 0.179 e. The molecule has 0 saturated heterocycles. The molecule has 1 aromatic carbocycles. The van der Waals surface area contributed by atoms with Crippen molar-refractivity contribution >= 4 is 46.0 Å². The molecule has 0 aliphatic carbocycles. The molecule has 0 unspecified atom stereocenters. The van der Waals surface area contributed by atoms with Crippen molar-refractivity contribution in [1.82, 2.24) is 15.0 Å². The summed E-state index contributed by atoms with van der Waals surface area (Å²) in [6, 6.07) is 9.10. The summed E-state index contributed by atoms with van der Waals surface area (Å²) in [4.78, 5) is 11.6. The number of nitrogens with one attached hydrogen (secondary N) is 1. The van der Waals surface area contributed by atoms with Gasteiger partial charge in [0, 0.05) is 10.6 Å². The summed E-state index contributed by atoms with van der Waals surface area (Å²) >= 11 is 17.7. The second kappa shape index (κ2) is 4.43. The van der Waals surface area contributed by atoms with Crippen LogP contribution in [0.1, 0.15) is 0 Å². The second-order valence-electron chi connectivity index (χ2n) is 3.73. The molecule has 0 atom stereocenters. The van der Waals surface area contributed by atoms with Crippen LogP contribution in [0.4, 0.5) is 0 Å². The molecule has 2 heterocycles. The first-order chi connectivity index (χ1) is 8.63.